The number of hydrogen-bond donors (Lipinski definition) is 2. The number of carbonyl (C=O) groups is 1. The average molecular weight is 222 g/mol. The van der Waals surface area contributed by atoms with Gasteiger partial charge in [0, 0.05) is 13.0 Å². The van der Waals surface area contributed by atoms with Crippen LogP contribution in [0, 0.1) is 0 Å². The van der Waals surface area contributed by atoms with Gasteiger partial charge in [-0.05, 0) is 26.7 Å². The van der Waals surface area contributed by atoms with Crippen LogP contribution in [0.2, 0.25) is 0 Å². The van der Waals surface area contributed by atoms with Crippen molar-refractivity contribution >= 4 is 15.9 Å². The Hall–Kier alpha value is -0.620. The lowest BCUT2D eigenvalue weighted by Crippen LogP contribution is -2.31. The molecular weight excluding hydrogens is 204 g/mol. The minimum absolute atomic E-state index is 0.309. The number of sulfonamides is 1. The van der Waals surface area contributed by atoms with E-state index >= 15 is 0 Å². The van der Waals surface area contributed by atoms with Crippen LogP contribution in [0.3, 0.4) is 0 Å². The quantitative estimate of drug-likeness (QED) is 0.593. The molecule has 0 saturated heterocycles. The van der Waals surface area contributed by atoms with Crippen molar-refractivity contribution in [1.29, 1.82) is 0 Å². The van der Waals surface area contributed by atoms with Crippen LogP contribution < -0.4 is 10.5 Å². The molecule has 0 heterocycles. The van der Waals surface area contributed by atoms with E-state index in [1.54, 1.807) is 13.8 Å². The second-order valence-electron chi connectivity index (χ2n) is 3.41. The molecular formula is C8H18N2O3S. The summed E-state index contributed by atoms with van der Waals surface area (Å²) in [6, 6.07) is 0. The Morgan fingerprint density at radius 3 is 2.36 bits per heavy atom. The van der Waals surface area contributed by atoms with Gasteiger partial charge in [0.15, 0.2) is 0 Å². The lowest BCUT2D eigenvalue weighted by Gasteiger charge is -2.08. The fraction of sp³-hybridized carbons (Fsp3) is 0.875. The van der Waals surface area contributed by atoms with Crippen molar-refractivity contribution in [1.82, 2.24) is 4.72 Å². The Balaban J connectivity index is 3.60. The Bertz CT molecular complexity index is 272. The summed E-state index contributed by atoms with van der Waals surface area (Å²) in [5, 5.41) is -0.418. The van der Waals surface area contributed by atoms with Crippen molar-refractivity contribution in [3.63, 3.8) is 0 Å². The molecule has 0 aromatic heterocycles. The zero-order chi connectivity index (χ0) is 11.2. The summed E-state index contributed by atoms with van der Waals surface area (Å²) in [7, 11) is -3.17. The predicted octanol–water partition coefficient (Wildman–Crippen LogP) is -0.0302. The third kappa shape index (κ3) is 5.93. The smallest absolute Gasteiger partial charge is 0.217 e. The van der Waals surface area contributed by atoms with Crippen molar-refractivity contribution in [2.75, 3.05) is 6.54 Å². The highest BCUT2D eigenvalue weighted by atomic mass is 32.2. The first-order valence-corrected chi connectivity index (χ1v) is 6.17. The van der Waals surface area contributed by atoms with Crippen LogP contribution in [0.15, 0.2) is 0 Å². The van der Waals surface area contributed by atoms with E-state index in [1.165, 1.54) is 0 Å². The van der Waals surface area contributed by atoms with E-state index in [0.29, 0.717) is 25.8 Å². The SMILES string of the molecule is CC(C)S(=O)(=O)NCCCCC(N)=O. The van der Waals surface area contributed by atoms with Gasteiger partial charge in [-0.1, -0.05) is 0 Å². The van der Waals surface area contributed by atoms with Gasteiger partial charge in [0.2, 0.25) is 15.9 Å². The van der Waals surface area contributed by atoms with E-state index in [1.807, 2.05) is 0 Å². The van der Waals surface area contributed by atoms with Crippen molar-refractivity contribution in [3.8, 4) is 0 Å². The molecule has 0 radical (unpaired) electrons. The van der Waals surface area contributed by atoms with Crippen LogP contribution in [-0.2, 0) is 14.8 Å². The molecule has 0 aliphatic rings. The standard InChI is InChI=1S/C8H18N2O3S/c1-7(2)14(12,13)10-6-4-3-5-8(9)11/h7,10H,3-6H2,1-2H3,(H2,9,11). The molecule has 0 aliphatic carbocycles. The van der Waals surface area contributed by atoms with Gasteiger partial charge >= 0.3 is 0 Å². The summed E-state index contributed by atoms with van der Waals surface area (Å²) in [6.07, 6.45) is 1.56. The number of primary amides is 1. The third-order valence-electron chi connectivity index (χ3n) is 1.77. The van der Waals surface area contributed by atoms with E-state index in [9.17, 15) is 13.2 Å². The van der Waals surface area contributed by atoms with Gasteiger partial charge in [0.05, 0.1) is 5.25 Å². The molecule has 1 amide bonds. The van der Waals surface area contributed by atoms with Crippen molar-refractivity contribution in [3.05, 3.63) is 0 Å². The van der Waals surface area contributed by atoms with Crippen molar-refractivity contribution in [2.24, 2.45) is 5.73 Å². The highest BCUT2D eigenvalue weighted by Gasteiger charge is 2.13. The van der Waals surface area contributed by atoms with Crippen LogP contribution >= 0.6 is 0 Å². The summed E-state index contributed by atoms with van der Waals surface area (Å²) in [5.74, 6) is -0.350. The lowest BCUT2D eigenvalue weighted by molar-refractivity contribution is -0.118. The summed E-state index contributed by atoms with van der Waals surface area (Å²) in [4.78, 5) is 10.4. The second-order valence-corrected chi connectivity index (χ2v) is 5.73. The molecule has 0 bridgehead atoms. The zero-order valence-electron chi connectivity index (χ0n) is 8.62. The van der Waals surface area contributed by atoms with Gasteiger partial charge in [-0.2, -0.15) is 0 Å². The first-order chi connectivity index (χ1) is 6.36. The fourth-order valence-corrected chi connectivity index (χ4v) is 1.57. The summed E-state index contributed by atoms with van der Waals surface area (Å²) < 4.78 is 24.9. The van der Waals surface area contributed by atoms with Crippen LogP contribution in [0.25, 0.3) is 0 Å². The van der Waals surface area contributed by atoms with Crippen LogP contribution in [0.1, 0.15) is 33.1 Å². The molecule has 0 aromatic rings. The third-order valence-corrected chi connectivity index (χ3v) is 3.62. The summed E-state index contributed by atoms with van der Waals surface area (Å²) in [5.41, 5.74) is 4.93. The average Bonchev–Trinajstić information content (AvgIpc) is 2.02. The Morgan fingerprint density at radius 1 is 1.36 bits per heavy atom. The monoisotopic (exact) mass is 222 g/mol. The van der Waals surface area contributed by atoms with E-state index in [-0.39, 0.29) is 5.91 Å². The maximum atomic E-state index is 11.2. The van der Waals surface area contributed by atoms with Gasteiger partial charge in [0.25, 0.3) is 0 Å². The minimum atomic E-state index is -3.17. The van der Waals surface area contributed by atoms with E-state index in [0.717, 1.165) is 0 Å². The molecule has 6 heteroatoms. The molecule has 0 atom stereocenters. The number of carbonyl (C=O) groups excluding carboxylic acids is 1. The van der Waals surface area contributed by atoms with Crippen molar-refractivity contribution < 1.29 is 13.2 Å². The topological polar surface area (TPSA) is 89.3 Å². The van der Waals surface area contributed by atoms with Gasteiger partial charge in [0.1, 0.15) is 0 Å². The number of nitrogens with two attached hydrogens (primary N) is 1. The van der Waals surface area contributed by atoms with Gasteiger partial charge < -0.3 is 5.73 Å². The second kappa shape index (κ2) is 5.98. The Morgan fingerprint density at radius 2 is 1.93 bits per heavy atom. The highest BCUT2D eigenvalue weighted by molar-refractivity contribution is 7.90. The summed E-state index contributed by atoms with van der Waals surface area (Å²) in [6.45, 7) is 3.60. The molecule has 0 rings (SSSR count). The zero-order valence-corrected chi connectivity index (χ0v) is 9.43. The maximum Gasteiger partial charge on any atom is 0.217 e. The molecule has 5 nitrogen and oxygen atoms in total. The molecule has 0 aromatic carbocycles. The fourth-order valence-electron chi connectivity index (χ4n) is 0.805. The van der Waals surface area contributed by atoms with Gasteiger partial charge in [-0.15, -0.1) is 0 Å². The van der Waals surface area contributed by atoms with E-state index in [4.69, 9.17) is 5.73 Å². The van der Waals surface area contributed by atoms with Gasteiger partial charge in [-0.25, -0.2) is 13.1 Å². The van der Waals surface area contributed by atoms with Gasteiger partial charge in [-0.3, -0.25) is 4.79 Å². The van der Waals surface area contributed by atoms with Crippen LogP contribution in [0.4, 0.5) is 0 Å². The van der Waals surface area contributed by atoms with Crippen molar-refractivity contribution in [2.45, 2.75) is 38.4 Å². The first kappa shape index (κ1) is 13.4. The lowest BCUT2D eigenvalue weighted by atomic mass is 10.2. The normalized spacial score (nSPS) is 11.9. The molecule has 0 fully saturated rings. The molecule has 3 N–H and O–H groups in total. The van der Waals surface area contributed by atoms with Crippen LogP contribution in [0.5, 0.6) is 0 Å². The highest BCUT2D eigenvalue weighted by Crippen LogP contribution is 1.98. The molecule has 0 spiro atoms. The molecule has 84 valence electrons. The molecule has 0 aliphatic heterocycles. The number of amides is 1. The predicted molar refractivity (Wildman–Crippen MR) is 55.1 cm³/mol. The van der Waals surface area contributed by atoms with E-state index in [2.05, 4.69) is 4.72 Å². The molecule has 14 heavy (non-hydrogen) atoms. The minimum Gasteiger partial charge on any atom is -0.370 e. The maximum absolute atomic E-state index is 11.2. The van der Waals surface area contributed by atoms with E-state index < -0.39 is 15.3 Å². The first-order valence-electron chi connectivity index (χ1n) is 4.63. The number of hydrogen-bond acceptors (Lipinski definition) is 3. The number of nitrogens with one attached hydrogen (secondary N) is 1. The number of rotatable bonds is 7. The number of unbranched alkanes of at least 4 members (excludes halogenated alkanes) is 1. The summed E-state index contributed by atoms with van der Waals surface area (Å²) >= 11 is 0. The Labute approximate surface area is 85.1 Å². The largest absolute Gasteiger partial charge is 0.370 e. The molecule has 0 unspecified atom stereocenters. The Kier molecular flexibility index (Phi) is 5.71. The van der Waals surface area contributed by atoms with Crippen LogP contribution in [-0.4, -0.2) is 26.1 Å². The molecule has 0 saturated carbocycles.